The van der Waals surface area contributed by atoms with Crippen LogP contribution < -0.4 is 4.90 Å². The average Bonchev–Trinajstić information content (AvgIpc) is 2.75. The molecular formula is C15H16ClF3N4. The SMILES string of the molecule is C=NC1=C(/C(Cl)=N\C)CCN(c2ncccc2C(F)(F)F)CC1. The molecule has 0 unspecified atom stereocenters. The number of nitrogens with zero attached hydrogens (tertiary/aromatic N) is 4. The van der Waals surface area contributed by atoms with Crippen molar-refractivity contribution in [3.05, 3.63) is 35.2 Å². The third kappa shape index (κ3) is 3.90. The molecule has 0 saturated heterocycles. The number of hydrogen-bond acceptors (Lipinski definition) is 4. The Bertz CT molecular complexity index is 652. The van der Waals surface area contributed by atoms with Crippen molar-refractivity contribution in [3.63, 3.8) is 0 Å². The summed E-state index contributed by atoms with van der Waals surface area (Å²) in [5.41, 5.74) is 0.635. The molecule has 23 heavy (non-hydrogen) atoms. The van der Waals surface area contributed by atoms with E-state index in [1.807, 2.05) is 0 Å². The molecule has 2 rings (SSSR count). The van der Waals surface area contributed by atoms with Gasteiger partial charge in [-0.05, 0) is 25.3 Å². The highest BCUT2D eigenvalue weighted by Gasteiger charge is 2.36. The van der Waals surface area contributed by atoms with E-state index >= 15 is 0 Å². The molecule has 0 saturated carbocycles. The second-order valence-electron chi connectivity index (χ2n) is 4.96. The van der Waals surface area contributed by atoms with Crippen LogP contribution in [0.2, 0.25) is 0 Å². The molecule has 2 heterocycles. The van der Waals surface area contributed by atoms with Crippen LogP contribution in [-0.2, 0) is 6.18 Å². The standard InChI is InChI=1S/C15H16ClF3N4/c1-20-12-6-9-23(8-5-10(12)13(16)21-2)14-11(15(17,18)19)4-3-7-22-14/h3-4,7H,1,5-6,8-9H2,2H3/b21-13+. The zero-order valence-corrected chi connectivity index (χ0v) is 13.3. The molecule has 0 fully saturated rings. The smallest absolute Gasteiger partial charge is 0.355 e. The zero-order chi connectivity index (χ0) is 17.0. The first-order chi connectivity index (χ1) is 10.9. The van der Waals surface area contributed by atoms with Gasteiger partial charge in [0.2, 0.25) is 0 Å². The van der Waals surface area contributed by atoms with E-state index in [0.29, 0.717) is 36.8 Å². The number of aliphatic imine (C=N–C) groups is 2. The summed E-state index contributed by atoms with van der Waals surface area (Å²) >= 11 is 6.08. The van der Waals surface area contributed by atoms with E-state index in [1.54, 1.807) is 11.9 Å². The summed E-state index contributed by atoms with van der Waals surface area (Å²) in [6.45, 7) is 4.21. The Labute approximate surface area is 137 Å². The molecule has 1 aliphatic heterocycles. The van der Waals surface area contributed by atoms with Crippen molar-refractivity contribution in [2.45, 2.75) is 19.0 Å². The number of anilines is 1. The van der Waals surface area contributed by atoms with Gasteiger partial charge in [0.05, 0.1) is 5.56 Å². The Morgan fingerprint density at radius 2 is 2.04 bits per heavy atom. The molecular weight excluding hydrogens is 329 g/mol. The van der Waals surface area contributed by atoms with Gasteiger partial charge in [-0.25, -0.2) is 4.98 Å². The third-order valence-corrected chi connectivity index (χ3v) is 4.02. The van der Waals surface area contributed by atoms with Gasteiger partial charge in [0.15, 0.2) is 0 Å². The van der Waals surface area contributed by atoms with Gasteiger partial charge in [-0.2, -0.15) is 13.2 Å². The van der Waals surface area contributed by atoms with Crippen molar-refractivity contribution in [2.24, 2.45) is 9.98 Å². The van der Waals surface area contributed by atoms with Gasteiger partial charge in [-0.15, -0.1) is 0 Å². The van der Waals surface area contributed by atoms with Crippen LogP contribution in [0, 0.1) is 0 Å². The van der Waals surface area contributed by atoms with Gasteiger partial charge in [0, 0.05) is 44.0 Å². The third-order valence-electron chi connectivity index (χ3n) is 3.63. The zero-order valence-electron chi connectivity index (χ0n) is 12.6. The Morgan fingerprint density at radius 3 is 2.65 bits per heavy atom. The van der Waals surface area contributed by atoms with Crippen molar-refractivity contribution in [1.29, 1.82) is 0 Å². The average molecular weight is 345 g/mol. The summed E-state index contributed by atoms with van der Waals surface area (Å²) in [5.74, 6) is -0.0748. The molecule has 1 aliphatic rings. The fourth-order valence-electron chi connectivity index (χ4n) is 2.51. The molecule has 0 bridgehead atoms. The van der Waals surface area contributed by atoms with Crippen molar-refractivity contribution < 1.29 is 13.2 Å². The minimum Gasteiger partial charge on any atom is -0.355 e. The quantitative estimate of drug-likeness (QED) is 0.780. The highest BCUT2D eigenvalue weighted by molar-refractivity contribution is 6.69. The first-order valence-electron chi connectivity index (χ1n) is 6.97. The van der Waals surface area contributed by atoms with Crippen LogP contribution in [0.1, 0.15) is 18.4 Å². The number of hydrogen-bond donors (Lipinski definition) is 0. The lowest BCUT2D eigenvalue weighted by atomic mass is 10.1. The lowest BCUT2D eigenvalue weighted by Gasteiger charge is -2.24. The minimum absolute atomic E-state index is 0.0748. The monoisotopic (exact) mass is 344 g/mol. The van der Waals surface area contributed by atoms with E-state index < -0.39 is 11.7 Å². The van der Waals surface area contributed by atoms with Crippen molar-refractivity contribution in [2.75, 3.05) is 25.0 Å². The summed E-state index contributed by atoms with van der Waals surface area (Å²) < 4.78 is 39.5. The summed E-state index contributed by atoms with van der Waals surface area (Å²) in [6, 6.07) is 2.32. The molecule has 124 valence electrons. The van der Waals surface area contributed by atoms with Crippen LogP contribution in [0.3, 0.4) is 0 Å². The lowest BCUT2D eigenvalue weighted by molar-refractivity contribution is -0.137. The van der Waals surface area contributed by atoms with Gasteiger partial charge < -0.3 is 4.90 Å². The summed E-state index contributed by atoms with van der Waals surface area (Å²) in [6.07, 6.45) is -2.23. The van der Waals surface area contributed by atoms with E-state index in [9.17, 15) is 13.2 Å². The molecule has 4 nitrogen and oxygen atoms in total. The van der Waals surface area contributed by atoms with E-state index in [-0.39, 0.29) is 5.82 Å². The van der Waals surface area contributed by atoms with Crippen LogP contribution >= 0.6 is 11.6 Å². The fraction of sp³-hybridized carbons (Fsp3) is 0.400. The highest BCUT2D eigenvalue weighted by Crippen LogP contribution is 2.36. The molecule has 0 radical (unpaired) electrons. The first-order valence-corrected chi connectivity index (χ1v) is 7.34. The van der Waals surface area contributed by atoms with E-state index in [4.69, 9.17) is 11.6 Å². The maximum absolute atomic E-state index is 13.2. The number of rotatable bonds is 3. The molecule has 8 heteroatoms. The molecule has 0 amide bonds. The van der Waals surface area contributed by atoms with E-state index in [2.05, 4.69) is 21.7 Å². The summed E-state index contributed by atoms with van der Waals surface area (Å²) in [4.78, 5) is 13.4. The molecule has 0 N–H and O–H groups in total. The Hall–Kier alpha value is -1.89. The molecule has 0 aliphatic carbocycles. The number of pyridine rings is 1. The van der Waals surface area contributed by atoms with Gasteiger partial charge in [-0.1, -0.05) is 11.6 Å². The predicted octanol–water partition coefficient (Wildman–Crippen LogP) is 3.92. The van der Waals surface area contributed by atoms with Crippen LogP contribution in [-0.4, -0.2) is 37.0 Å². The molecule has 0 spiro atoms. The largest absolute Gasteiger partial charge is 0.419 e. The fourth-order valence-corrected chi connectivity index (χ4v) is 2.71. The first kappa shape index (κ1) is 17.5. The second kappa shape index (κ2) is 7.12. The van der Waals surface area contributed by atoms with Gasteiger partial charge in [0.1, 0.15) is 11.0 Å². The minimum atomic E-state index is -4.45. The second-order valence-corrected chi connectivity index (χ2v) is 5.32. The van der Waals surface area contributed by atoms with E-state index in [1.165, 1.54) is 12.3 Å². The van der Waals surface area contributed by atoms with Crippen molar-refractivity contribution in [1.82, 2.24) is 4.98 Å². The van der Waals surface area contributed by atoms with E-state index in [0.717, 1.165) is 11.6 Å². The van der Waals surface area contributed by atoms with Crippen molar-refractivity contribution >= 4 is 29.3 Å². The van der Waals surface area contributed by atoms with Gasteiger partial charge in [0.25, 0.3) is 0 Å². The maximum atomic E-state index is 13.2. The molecule has 0 atom stereocenters. The van der Waals surface area contributed by atoms with Crippen molar-refractivity contribution in [3.8, 4) is 0 Å². The number of alkyl halides is 3. The van der Waals surface area contributed by atoms with Crippen LogP contribution in [0.25, 0.3) is 0 Å². The maximum Gasteiger partial charge on any atom is 0.419 e. The number of halogens is 4. The normalized spacial score (nSPS) is 17.3. The molecule has 1 aromatic heterocycles. The van der Waals surface area contributed by atoms with Crippen LogP contribution in [0.4, 0.5) is 19.0 Å². The van der Waals surface area contributed by atoms with Gasteiger partial charge in [-0.3, -0.25) is 9.98 Å². The Morgan fingerprint density at radius 1 is 1.35 bits per heavy atom. The topological polar surface area (TPSA) is 40.9 Å². The lowest BCUT2D eigenvalue weighted by Crippen LogP contribution is -2.28. The van der Waals surface area contributed by atoms with Gasteiger partial charge >= 0.3 is 6.18 Å². The van der Waals surface area contributed by atoms with Crippen LogP contribution in [0.15, 0.2) is 39.6 Å². The number of aromatic nitrogens is 1. The summed E-state index contributed by atoms with van der Waals surface area (Å²) in [5, 5.41) is 0.311. The highest BCUT2D eigenvalue weighted by atomic mass is 35.5. The molecule has 1 aromatic rings. The Balaban J connectivity index is 2.32. The van der Waals surface area contributed by atoms with Crippen LogP contribution in [0.5, 0.6) is 0 Å². The summed E-state index contributed by atoms with van der Waals surface area (Å²) in [7, 11) is 1.55. The Kier molecular flexibility index (Phi) is 5.41. The predicted molar refractivity (Wildman–Crippen MR) is 86.5 cm³/mol. The molecule has 0 aromatic carbocycles.